The predicted octanol–water partition coefficient (Wildman–Crippen LogP) is 14.7. The zero-order valence-electron chi connectivity index (χ0n) is 55.5. The van der Waals surface area contributed by atoms with Gasteiger partial charge in [-0.1, -0.05) is 89.9 Å². The molecule has 2 amide bonds. The van der Waals surface area contributed by atoms with Crippen molar-refractivity contribution in [3.05, 3.63) is 243 Å². The molecule has 0 saturated carbocycles. The quantitative estimate of drug-likeness (QED) is 0.0449. The number of thiophene rings is 3. The molecule has 6 aromatic heterocycles. The van der Waals surface area contributed by atoms with Crippen molar-refractivity contribution in [3.63, 3.8) is 0 Å². The number of amides is 2. The van der Waals surface area contributed by atoms with E-state index in [1.54, 1.807) is 46.1 Å². The number of aromatic hydroxyl groups is 1. The number of phenolic OH excluding ortho intramolecular Hbond substituents is 1. The molecule has 98 heavy (non-hydrogen) atoms. The summed E-state index contributed by atoms with van der Waals surface area (Å²) in [7, 11) is 2.80. The summed E-state index contributed by atoms with van der Waals surface area (Å²) in [5, 5.41) is 46.3. The fourth-order valence-electron chi connectivity index (χ4n) is 11.8. The maximum atomic E-state index is 13.0. The van der Waals surface area contributed by atoms with Gasteiger partial charge in [0.15, 0.2) is 17.5 Å². The number of aryl methyl sites for hydroxylation is 6. The number of esters is 1. The molecule has 0 radical (unpaired) electrons. The van der Waals surface area contributed by atoms with Gasteiger partial charge in [0.05, 0.1) is 50.6 Å². The smallest absolute Gasteiger partial charge is 0.308 e. The molecule has 26 heteroatoms. The van der Waals surface area contributed by atoms with Crippen LogP contribution < -0.4 is 16.1 Å². The molecule has 11 aromatic rings. The number of carbonyl (C=O) groups excluding carboxylic acids is 3. The van der Waals surface area contributed by atoms with Crippen molar-refractivity contribution in [2.45, 2.75) is 106 Å². The van der Waals surface area contributed by atoms with Gasteiger partial charge in [-0.15, -0.1) is 64.6 Å². The Morgan fingerprint density at radius 3 is 1.26 bits per heavy atom. The van der Waals surface area contributed by atoms with Crippen LogP contribution in [0.15, 0.2) is 142 Å². The minimum atomic E-state index is -0.539. The van der Waals surface area contributed by atoms with Gasteiger partial charge in [-0.3, -0.25) is 47.9 Å². The van der Waals surface area contributed by atoms with Crippen LogP contribution in [0.3, 0.4) is 0 Å². The number of methoxy groups -OCH3 is 1. The van der Waals surface area contributed by atoms with Crippen LogP contribution in [-0.4, -0.2) is 98.5 Å². The number of ether oxygens (including phenoxy) is 1. The fourth-order valence-corrected chi connectivity index (χ4v) is 15.7. The van der Waals surface area contributed by atoms with Gasteiger partial charge in [0, 0.05) is 76.0 Å². The zero-order valence-corrected chi connectivity index (χ0v) is 59.5. The second-order valence-corrected chi connectivity index (χ2v) is 28.1. The lowest BCUT2D eigenvalue weighted by atomic mass is 9.99. The van der Waals surface area contributed by atoms with E-state index in [4.69, 9.17) is 47.8 Å². The largest absolute Gasteiger partial charge is 0.508 e. The summed E-state index contributed by atoms with van der Waals surface area (Å²) in [5.41, 5.74) is 17.1. The maximum Gasteiger partial charge on any atom is 0.308 e. The predicted molar refractivity (Wildman–Crippen MR) is 386 cm³/mol. The molecule has 14 rings (SSSR count). The van der Waals surface area contributed by atoms with E-state index in [9.17, 15) is 19.5 Å². The number of fused-ring (bicyclic) bond motifs is 9. The molecular formula is C72H69Cl2N15O6S3. The van der Waals surface area contributed by atoms with E-state index in [0.717, 1.165) is 106 Å². The summed E-state index contributed by atoms with van der Waals surface area (Å²) < 4.78 is 11.0. The maximum absolute atomic E-state index is 13.0. The average molecular weight is 1410 g/mol. The van der Waals surface area contributed by atoms with E-state index in [2.05, 4.69) is 125 Å². The third-order valence-corrected chi connectivity index (χ3v) is 21.2. The topological polar surface area (TPSA) is 255 Å². The van der Waals surface area contributed by atoms with Crippen LogP contribution in [0.1, 0.15) is 143 Å². The number of nitrogens with one attached hydrogen (secondary N) is 3. The normalized spacial score (nSPS) is 14.8. The van der Waals surface area contributed by atoms with Gasteiger partial charge < -0.3 is 20.5 Å². The van der Waals surface area contributed by atoms with Gasteiger partial charge in [0.1, 0.15) is 56.4 Å². The van der Waals surface area contributed by atoms with Gasteiger partial charge >= 0.3 is 5.97 Å². The van der Waals surface area contributed by atoms with Crippen molar-refractivity contribution in [1.82, 2.24) is 49.8 Å². The summed E-state index contributed by atoms with van der Waals surface area (Å²) in [6, 6.07) is 38.6. The first-order valence-corrected chi connectivity index (χ1v) is 34.6. The molecule has 0 aliphatic carbocycles. The number of benzene rings is 5. The van der Waals surface area contributed by atoms with Crippen molar-refractivity contribution in [3.8, 4) is 20.8 Å². The number of carbonyl (C=O) groups is 3. The van der Waals surface area contributed by atoms with Crippen LogP contribution in [-0.2, 0) is 30.5 Å². The van der Waals surface area contributed by atoms with E-state index in [-0.39, 0.29) is 42.8 Å². The number of nitrogens with zero attached hydrogens (tertiary/aromatic N) is 12. The number of aromatic nitrogens is 9. The molecule has 0 spiro atoms. The molecule has 21 nitrogen and oxygen atoms in total. The highest BCUT2D eigenvalue weighted by Gasteiger charge is 2.36. The summed E-state index contributed by atoms with van der Waals surface area (Å²) in [5.74, 6) is 3.53. The number of aliphatic imine (C=N–C) groups is 3. The second kappa shape index (κ2) is 29.1. The molecular weight excluding hydrogens is 1340 g/mol. The Bertz CT molecular complexity index is 4910. The lowest BCUT2D eigenvalue weighted by molar-refractivity contribution is -0.141. The lowest BCUT2D eigenvalue weighted by Crippen LogP contribution is -2.24. The summed E-state index contributed by atoms with van der Waals surface area (Å²) in [6.07, 6.45) is 0.279. The minimum Gasteiger partial charge on any atom is -0.508 e. The molecule has 3 aliphatic heterocycles. The molecule has 0 saturated heterocycles. The highest BCUT2D eigenvalue weighted by atomic mass is 35.5. The molecule has 500 valence electrons. The van der Waals surface area contributed by atoms with Crippen LogP contribution in [0.25, 0.3) is 15.0 Å². The first kappa shape index (κ1) is 68.1. The van der Waals surface area contributed by atoms with Crippen molar-refractivity contribution in [1.29, 1.82) is 0 Å². The molecule has 3 aliphatic rings. The number of halogens is 2. The van der Waals surface area contributed by atoms with E-state index >= 15 is 0 Å². The Hall–Kier alpha value is -9.82. The Morgan fingerprint density at radius 1 is 0.480 bits per heavy atom. The van der Waals surface area contributed by atoms with Crippen molar-refractivity contribution in [2.75, 3.05) is 24.9 Å². The minimum absolute atomic E-state index is 0.0864. The van der Waals surface area contributed by atoms with Crippen molar-refractivity contribution in [2.24, 2.45) is 15.0 Å². The van der Waals surface area contributed by atoms with E-state index < -0.39 is 18.1 Å². The lowest BCUT2D eigenvalue weighted by Gasteiger charge is -2.13. The molecule has 3 atom stereocenters. The van der Waals surface area contributed by atoms with Crippen molar-refractivity contribution < 1.29 is 29.1 Å². The number of hydroxylamine groups is 1. The van der Waals surface area contributed by atoms with Crippen LogP contribution in [0.2, 0.25) is 10.0 Å². The van der Waals surface area contributed by atoms with Crippen LogP contribution in [0.4, 0.5) is 11.4 Å². The van der Waals surface area contributed by atoms with E-state index in [1.165, 1.54) is 52.1 Å². The summed E-state index contributed by atoms with van der Waals surface area (Å²) >= 11 is 17.3. The average Bonchev–Trinajstić information content (AvgIpc) is 1.61. The number of rotatable bonds is 14. The summed E-state index contributed by atoms with van der Waals surface area (Å²) in [6.45, 7) is 19.1. The van der Waals surface area contributed by atoms with Gasteiger partial charge in [-0.25, -0.2) is 5.48 Å². The number of hydrogen-bond donors (Lipinski definition) is 4. The molecule has 5 aromatic carbocycles. The molecule has 0 bridgehead atoms. The molecule has 0 unspecified atom stereocenters. The van der Waals surface area contributed by atoms with Gasteiger partial charge in [-0.05, 0) is 145 Å². The molecule has 0 fully saturated rings. The standard InChI is InChI=1S/C27H27N5O2S.C25H22ClN5O2S.C20H20ClN5O2S/c1-16-17(2)35-27-24(16)25(29-22(14-23(33)34-4)26-31-30-18(3)32(26)27)20-10-12-21(13-11-20)28-15-19-8-6-5-7-9-19;1-13-14(2)34-25-22(13)23(16-4-6-17(26)7-5-16)28-20(24-30-29-15(3)31(24)25)12-21(33)27-18-8-10-19(32)11-9-18;1-10-11(2)29-20-17(10)18(13-5-7-14(21)8-6-13)22-15(9-16(27)25-28-4)19-24-23-12(3)26(19)20/h5-13,22,28H,14-15H2,1-4H3;4-11,20,32H,12H2,1-3H3,(H,27,33);5-8,15H,9H2,1-4H3,(H,25,27)/t22-;20-;15-/m000/s1. The Balaban J connectivity index is 0.000000141. The van der Waals surface area contributed by atoms with Crippen LogP contribution in [0.5, 0.6) is 5.75 Å². The third-order valence-electron chi connectivity index (χ3n) is 17.2. The zero-order chi connectivity index (χ0) is 69.2. The first-order valence-electron chi connectivity index (χ1n) is 31.4. The first-order chi connectivity index (χ1) is 47.2. The van der Waals surface area contributed by atoms with Crippen molar-refractivity contribution >= 4 is 104 Å². The monoisotopic (exact) mass is 1410 g/mol. The molecule has 9 heterocycles. The van der Waals surface area contributed by atoms with Crippen LogP contribution >= 0.6 is 57.2 Å². The highest BCUT2D eigenvalue weighted by Crippen LogP contribution is 2.43. The number of hydrogen-bond acceptors (Lipinski definition) is 19. The van der Waals surface area contributed by atoms with Crippen LogP contribution in [0, 0.1) is 62.3 Å². The molecule has 4 N–H and O–H groups in total. The summed E-state index contributed by atoms with van der Waals surface area (Å²) in [4.78, 5) is 61.1. The third kappa shape index (κ3) is 14.0. The highest BCUT2D eigenvalue weighted by molar-refractivity contribution is 7.15. The van der Waals surface area contributed by atoms with Gasteiger partial charge in [0.2, 0.25) is 11.8 Å². The van der Waals surface area contributed by atoms with Gasteiger partial charge in [-0.2, -0.15) is 0 Å². The second-order valence-electron chi connectivity index (χ2n) is 23.6. The fraction of sp³-hybridized carbons (Fsp3) is 0.250. The number of anilines is 2. The SMILES string of the molecule is COC(=O)C[C@@H]1N=C(c2ccc(NCc3ccccc3)cc2)c2c(sc(C)c2C)-n2c(C)nnc21.CONC(=O)C[C@@H]1N=C(c2ccc(Cl)cc2)c2c(sc(C)c2C)-n2c(C)nnc21.Cc1sc2c(c1C)C(c1ccc(Cl)cc1)=N[C@@H](CC(=O)Nc1ccc(O)cc1)c1nnc(C)n1-2. The van der Waals surface area contributed by atoms with Gasteiger partial charge in [0.25, 0.3) is 0 Å². The van der Waals surface area contributed by atoms with E-state index in [0.29, 0.717) is 33.2 Å². The number of phenols is 1. The Labute approximate surface area is 588 Å². The Kier molecular flexibility index (Phi) is 20.2. The Morgan fingerprint density at radius 2 is 0.857 bits per heavy atom. The van der Waals surface area contributed by atoms with E-state index in [1.807, 2.05) is 101 Å².